The van der Waals surface area contributed by atoms with Crippen LogP contribution in [0.2, 0.25) is 0 Å². The van der Waals surface area contributed by atoms with E-state index >= 15 is 0 Å². The molecule has 0 radical (unpaired) electrons. The van der Waals surface area contributed by atoms with Crippen molar-refractivity contribution in [3.63, 3.8) is 0 Å². The Balaban J connectivity index is 2.69. The van der Waals surface area contributed by atoms with Crippen molar-refractivity contribution in [3.8, 4) is 0 Å². The van der Waals surface area contributed by atoms with Crippen molar-refractivity contribution in [1.82, 2.24) is 0 Å². The molecule has 1 unspecified atom stereocenters. The Morgan fingerprint density at radius 2 is 2.00 bits per heavy atom. The molecule has 4 N–H and O–H groups in total. The Morgan fingerprint density at radius 3 is 2.58 bits per heavy atom. The predicted molar refractivity (Wildman–Crippen MR) is 75.9 cm³/mol. The van der Waals surface area contributed by atoms with Gasteiger partial charge in [0.2, 0.25) is 5.91 Å². The number of carbonyl (C=O) groups excluding carboxylic acids is 1. The first-order chi connectivity index (χ1) is 8.80. The van der Waals surface area contributed by atoms with E-state index in [-0.39, 0.29) is 5.91 Å². The van der Waals surface area contributed by atoms with E-state index in [1.807, 2.05) is 13.8 Å². The summed E-state index contributed by atoms with van der Waals surface area (Å²) in [5, 5.41) is 7.60. The summed E-state index contributed by atoms with van der Waals surface area (Å²) in [5.74, 6) is 0.216. The summed E-state index contributed by atoms with van der Waals surface area (Å²) in [4.78, 5) is 11.7. The largest absolute Gasteiger partial charge is 0.326 e. The zero-order valence-electron chi connectivity index (χ0n) is 11.0. The third kappa shape index (κ3) is 6.21. The van der Waals surface area contributed by atoms with Crippen LogP contribution in [0.25, 0.3) is 0 Å². The number of amides is 1. The maximum Gasteiger partial charge on any atom is 0.296 e. The number of rotatable bonds is 6. The molecule has 19 heavy (non-hydrogen) atoms. The van der Waals surface area contributed by atoms with Crippen LogP contribution in [0.1, 0.15) is 26.7 Å². The molecule has 1 rings (SSSR count). The third-order valence-electron chi connectivity index (χ3n) is 2.64. The Labute approximate surface area is 113 Å². The van der Waals surface area contributed by atoms with Gasteiger partial charge in [0.15, 0.2) is 0 Å². The standard InChI is InChI=1S/C12H19N3O3S/c1-3-9(2)7-12(16)14-10-5-4-6-11(8-10)15-19(13,17)18/h4-6,8-9,15H,3,7H2,1-2H3,(H,14,16)(H2,13,17,18). The second kappa shape index (κ2) is 6.53. The van der Waals surface area contributed by atoms with Crippen molar-refractivity contribution in [2.75, 3.05) is 10.0 Å². The van der Waals surface area contributed by atoms with Crippen molar-refractivity contribution in [1.29, 1.82) is 0 Å². The Hall–Kier alpha value is -1.60. The lowest BCUT2D eigenvalue weighted by molar-refractivity contribution is -0.117. The van der Waals surface area contributed by atoms with E-state index in [0.717, 1.165) is 6.42 Å². The van der Waals surface area contributed by atoms with Crippen LogP contribution in [0.4, 0.5) is 11.4 Å². The number of hydrogen-bond donors (Lipinski definition) is 3. The van der Waals surface area contributed by atoms with E-state index in [1.54, 1.807) is 18.2 Å². The smallest absolute Gasteiger partial charge is 0.296 e. The van der Waals surface area contributed by atoms with E-state index in [0.29, 0.717) is 23.7 Å². The Morgan fingerprint density at radius 1 is 1.37 bits per heavy atom. The minimum absolute atomic E-state index is 0.0953. The van der Waals surface area contributed by atoms with Gasteiger partial charge in [-0.2, -0.15) is 8.42 Å². The van der Waals surface area contributed by atoms with Crippen molar-refractivity contribution in [2.24, 2.45) is 11.1 Å². The lowest BCUT2D eigenvalue weighted by Gasteiger charge is -2.10. The van der Waals surface area contributed by atoms with Gasteiger partial charge in [0, 0.05) is 12.1 Å². The van der Waals surface area contributed by atoms with E-state index in [9.17, 15) is 13.2 Å². The van der Waals surface area contributed by atoms with Gasteiger partial charge in [-0.25, -0.2) is 5.14 Å². The van der Waals surface area contributed by atoms with Gasteiger partial charge in [-0.05, 0) is 24.1 Å². The molecule has 0 saturated heterocycles. The molecule has 7 heteroatoms. The second-order valence-corrected chi connectivity index (χ2v) is 5.79. The van der Waals surface area contributed by atoms with Gasteiger partial charge in [-0.3, -0.25) is 9.52 Å². The first-order valence-corrected chi connectivity index (χ1v) is 7.55. The topological polar surface area (TPSA) is 101 Å². The number of benzene rings is 1. The summed E-state index contributed by atoms with van der Waals surface area (Å²) >= 11 is 0. The number of anilines is 2. The molecule has 0 fully saturated rings. The van der Waals surface area contributed by atoms with Crippen LogP contribution in [0.15, 0.2) is 24.3 Å². The molecule has 1 aromatic rings. The number of carbonyl (C=O) groups is 1. The third-order valence-corrected chi connectivity index (χ3v) is 3.16. The summed E-state index contributed by atoms with van der Waals surface area (Å²) in [6, 6.07) is 6.38. The van der Waals surface area contributed by atoms with Gasteiger partial charge < -0.3 is 5.32 Å². The quantitative estimate of drug-likeness (QED) is 0.741. The summed E-state index contributed by atoms with van der Waals surface area (Å²) in [7, 11) is -3.81. The van der Waals surface area contributed by atoms with E-state index < -0.39 is 10.2 Å². The van der Waals surface area contributed by atoms with Gasteiger partial charge in [-0.1, -0.05) is 26.3 Å². The highest BCUT2D eigenvalue weighted by Crippen LogP contribution is 2.16. The predicted octanol–water partition coefficient (Wildman–Crippen LogP) is 1.68. The molecular formula is C12H19N3O3S. The van der Waals surface area contributed by atoms with Crippen LogP contribution in [0.3, 0.4) is 0 Å². The summed E-state index contributed by atoms with van der Waals surface area (Å²) in [6.45, 7) is 4.02. The SMILES string of the molecule is CCC(C)CC(=O)Nc1cccc(NS(N)(=O)=O)c1. The Bertz CT molecular complexity index is 543. The van der Waals surface area contributed by atoms with Gasteiger partial charge in [0.05, 0.1) is 5.69 Å². The molecule has 106 valence electrons. The highest BCUT2D eigenvalue weighted by molar-refractivity contribution is 7.90. The van der Waals surface area contributed by atoms with Gasteiger partial charge in [0.1, 0.15) is 0 Å². The molecule has 6 nitrogen and oxygen atoms in total. The molecule has 0 heterocycles. The first kappa shape index (κ1) is 15.5. The highest BCUT2D eigenvalue weighted by Gasteiger charge is 2.08. The molecule has 0 bridgehead atoms. The van der Waals surface area contributed by atoms with Gasteiger partial charge >= 0.3 is 0 Å². The fourth-order valence-corrected chi connectivity index (χ4v) is 1.95. The van der Waals surface area contributed by atoms with Gasteiger partial charge in [0.25, 0.3) is 10.2 Å². The van der Waals surface area contributed by atoms with E-state index in [2.05, 4.69) is 10.0 Å². The van der Waals surface area contributed by atoms with E-state index in [4.69, 9.17) is 5.14 Å². The van der Waals surface area contributed by atoms with Gasteiger partial charge in [-0.15, -0.1) is 0 Å². The molecule has 0 aromatic heterocycles. The molecule has 1 amide bonds. The number of nitrogens with two attached hydrogens (primary N) is 1. The maximum atomic E-state index is 11.7. The summed E-state index contributed by atoms with van der Waals surface area (Å²) in [6.07, 6.45) is 1.36. The molecule has 0 aliphatic heterocycles. The lowest BCUT2D eigenvalue weighted by Crippen LogP contribution is -2.21. The Kier molecular flexibility index (Phi) is 5.31. The van der Waals surface area contributed by atoms with Crippen LogP contribution in [-0.2, 0) is 15.0 Å². The first-order valence-electron chi connectivity index (χ1n) is 6.00. The summed E-state index contributed by atoms with van der Waals surface area (Å²) < 4.78 is 23.9. The molecular weight excluding hydrogens is 266 g/mol. The number of nitrogens with one attached hydrogen (secondary N) is 2. The average Bonchev–Trinajstić information content (AvgIpc) is 2.26. The number of hydrogen-bond acceptors (Lipinski definition) is 3. The van der Waals surface area contributed by atoms with Crippen LogP contribution < -0.4 is 15.2 Å². The van der Waals surface area contributed by atoms with Crippen LogP contribution in [0.5, 0.6) is 0 Å². The highest BCUT2D eigenvalue weighted by atomic mass is 32.2. The monoisotopic (exact) mass is 285 g/mol. The molecule has 0 saturated carbocycles. The lowest BCUT2D eigenvalue weighted by atomic mass is 10.1. The van der Waals surface area contributed by atoms with Crippen LogP contribution >= 0.6 is 0 Å². The fraction of sp³-hybridized carbons (Fsp3) is 0.417. The fourth-order valence-electron chi connectivity index (χ4n) is 1.50. The van der Waals surface area contributed by atoms with Crippen molar-refractivity contribution >= 4 is 27.5 Å². The van der Waals surface area contributed by atoms with Crippen LogP contribution in [0, 0.1) is 5.92 Å². The van der Waals surface area contributed by atoms with E-state index in [1.165, 1.54) is 6.07 Å². The molecule has 0 aliphatic carbocycles. The normalized spacial score (nSPS) is 12.8. The van der Waals surface area contributed by atoms with Crippen molar-refractivity contribution < 1.29 is 13.2 Å². The second-order valence-electron chi connectivity index (χ2n) is 4.49. The summed E-state index contributed by atoms with van der Waals surface area (Å²) in [5.41, 5.74) is 0.839. The minimum Gasteiger partial charge on any atom is -0.326 e. The molecule has 0 spiro atoms. The molecule has 0 aliphatic rings. The van der Waals surface area contributed by atoms with Crippen molar-refractivity contribution in [2.45, 2.75) is 26.7 Å². The zero-order chi connectivity index (χ0) is 14.5. The minimum atomic E-state index is -3.81. The molecule has 1 aromatic carbocycles. The maximum absolute atomic E-state index is 11.7. The average molecular weight is 285 g/mol. The molecule has 1 atom stereocenters. The zero-order valence-corrected chi connectivity index (χ0v) is 11.8. The van der Waals surface area contributed by atoms with Crippen LogP contribution in [-0.4, -0.2) is 14.3 Å². The van der Waals surface area contributed by atoms with Crippen molar-refractivity contribution in [3.05, 3.63) is 24.3 Å².